The van der Waals surface area contributed by atoms with E-state index in [-0.39, 0.29) is 6.04 Å². The van der Waals surface area contributed by atoms with Gasteiger partial charge < -0.3 is 10.5 Å². The van der Waals surface area contributed by atoms with Gasteiger partial charge in [-0.3, -0.25) is 0 Å². The first-order chi connectivity index (χ1) is 8.27. The average Bonchev–Trinajstić information content (AvgIpc) is 2.77. The lowest BCUT2D eigenvalue weighted by molar-refractivity contribution is 0.0915. The Morgan fingerprint density at radius 1 is 1.35 bits per heavy atom. The van der Waals surface area contributed by atoms with E-state index in [4.69, 9.17) is 10.5 Å². The van der Waals surface area contributed by atoms with Crippen LogP contribution in [0.3, 0.4) is 0 Å². The molecule has 0 spiro atoms. The number of nitrogens with two attached hydrogens (primary N) is 1. The molecule has 2 rings (SSSR count). The number of ether oxygens (including phenoxy) is 1. The number of rotatable bonds is 5. The first-order valence-electron chi connectivity index (χ1n) is 5.42. The molecular formula is C11H15N5O. The Morgan fingerprint density at radius 3 is 2.76 bits per heavy atom. The van der Waals surface area contributed by atoms with Crippen molar-refractivity contribution < 1.29 is 4.74 Å². The minimum atomic E-state index is 0.0220. The fraction of sp³-hybridized carbons (Fsp3) is 0.364. The Kier molecular flexibility index (Phi) is 3.66. The molecule has 6 heteroatoms. The zero-order valence-corrected chi connectivity index (χ0v) is 9.65. The van der Waals surface area contributed by atoms with Gasteiger partial charge in [0.25, 0.3) is 0 Å². The third kappa shape index (κ3) is 3.01. The van der Waals surface area contributed by atoms with Crippen LogP contribution < -0.4 is 5.73 Å². The summed E-state index contributed by atoms with van der Waals surface area (Å²) in [6.07, 6.45) is 0. The van der Waals surface area contributed by atoms with Crippen LogP contribution in [0.5, 0.6) is 0 Å². The standard InChI is InChI=1S/C11H15N5O/c1-9(16-11(12)13-14-15-16)7-17-8-10-5-3-2-4-6-10/h2-6,9H,7-8H2,1H3,(H2,12,13,15). The fourth-order valence-electron chi connectivity index (χ4n) is 1.51. The van der Waals surface area contributed by atoms with Crippen molar-refractivity contribution in [2.45, 2.75) is 19.6 Å². The molecule has 6 nitrogen and oxygen atoms in total. The van der Waals surface area contributed by atoms with Crippen molar-refractivity contribution in [2.24, 2.45) is 0 Å². The van der Waals surface area contributed by atoms with Crippen molar-refractivity contribution in [3.05, 3.63) is 35.9 Å². The topological polar surface area (TPSA) is 78.8 Å². The largest absolute Gasteiger partial charge is 0.375 e. The molecule has 1 aromatic heterocycles. The molecule has 1 atom stereocenters. The van der Waals surface area contributed by atoms with Gasteiger partial charge in [-0.2, -0.15) is 0 Å². The smallest absolute Gasteiger partial charge is 0.240 e. The molecule has 0 saturated heterocycles. The average molecular weight is 233 g/mol. The number of hydrogen-bond donors (Lipinski definition) is 1. The lowest BCUT2D eigenvalue weighted by Crippen LogP contribution is -2.16. The molecule has 1 unspecified atom stereocenters. The number of benzene rings is 1. The molecule has 0 radical (unpaired) electrons. The van der Waals surface area contributed by atoms with E-state index in [1.807, 2.05) is 37.3 Å². The van der Waals surface area contributed by atoms with E-state index in [0.717, 1.165) is 5.56 Å². The van der Waals surface area contributed by atoms with Gasteiger partial charge in [0.2, 0.25) is 5.95 Å². The van der Waals surface area contributed by atoms with Crippen LogP contribution in [0.1, 0.15) is 18.5 Å². The maximum Gasteiger partial charge on any atom is 0.240 e. The molecule has 0 saturated carbocycles. The highest BCUT2D eigenvalue weighted by atomic mass is 16.5. The number of anilines is 1. The van der Waals surface area contributed by atoms with Crippen LogP contribution in [0.2, 0.25) is 0 Å². The second-order valence-corrected chi connectivity index (χ2v) is 3.83. The number of nitrogens with zero attached hydrogens (tertiary/aromatic N) is 4. The van der Waals surface area contributed by atoms with Crippen LogP contribution in [0.15, 0.2) is 30.3 Å². The predicted octanol–water partition coefficient (Wildman–Crippen LogP) is 1.03. The Labute approximate surface area is 99.4 Å². The van der Waals surface area contributed by atoms with Gasteiger partial charge in [0.05, 0.1) is 19.3 Å². The van der Waals surface area contributed by atoms with Gasteiger partial charge in [0.1, 0.15) is 0 Å². The summed E-state index contributed by atoms with van der Waals surface area (Å²) in [6.45, 7) is 3.05. The maximum absolute atomic E-state index is 5.60. The summed E-state index contributed by atoms with van der Waals surface area (Å²) in [5.41, 5.74) is 6.74. The van der Waals surface area contributed by atoms with Crippen LogP contribution >= 0.6 is 0 Å². The van der Waals surface area contributed by atoms with Crippen LogP contribution in [0, 0.1) is 0 Å². The van der Waals surface area contributed by atoms with E-state index in [9.17, 15) is 0 Å². The second kappa shape index (κ2) is 5.40. The lowest BCUT2D eigenvalue weighted by atomic mass is 10.2. The molecule has 0 aliphatic rings. The quantitative estimate of drug-likeness (QED) is 0.834. The summed E-state index contributed by atoms with van der Waals surface area (Å²) >= 11 is 0. The second-order valence-electron chi connectivity index (χ2n) is 3.83. The number of nitrogen functional groups attached to an aromatic ring is 1. The fourth-order valence-corrected chi connectivity index (χ4v) is 1.51. The summed E-state index contributed by atoms with van der Waals surface area (Å²) in [6, 6.07) is 10.0. The number of aromatic nitrogens is 4. The van der Waals surface area contributed by atoms with Crippen molar-refractivity contribution in [1.29, 1.82) is 0 Å². The molecular weight excluding hydrogens is 218 g/mol. The third-order valence-corrected chi connectivity index (χ3v) is 2.41. The van der Waals surface area contributed by atoms with E-state index in [1.54, 1.807) is 4.68 Å². The van der Waals surface area contributed by atoms with Gasteiger partial charge in [-0.15, -0.1) is 0 Å². The predicted molar refractivity (Wildman–Crippen MR) is 63.0 cm³/mol. The third-order valence-electron chi connectivity index (χ3n) is 2.41. The molecule has 1 aromatic carbocycles. The van der Waals surface area contributed by atoms with E-state index < -0.39 is 0 Å². The molecule has 0 amide bonds. The molecule has 17 heavy (non-hydrogen) atoms. The summed E-state index contributed by atoms with van der Waals surface area (Å²) in [7, 11) is 0. The van der Waals surface area contributed by atoms with Crippen LogP contribution in [0.25, 0.3) is 0 Å². The normalized spacial score (nSPS) is 12.5. The van der Waals surface area contributed by atoms with E-state index >= 15 is 0 Å². The number of hydrogen-bond acceptors (Lipinski definition) is 5. The highest BCUT2D eigenvalue weighted by Crippen LogP contribution is 2.09. The van der Waals surface area contributed by atoms with E-state index in [2.05, 4.69) is 15.5 Å². The highest BCUT2D eigenvalue weighted by Gasteiger charge is 2.10. The van der Waals surface area contributed by atoms with Crippen LogP contribution in [-0.4, -0.2) is 26.8 Å². The van der Waals surface area contributed by atoms with E-state index in [0.29, 0.717) is 19.2 Å². The molecule has 2 N–H and O–H groups in total. The molecule has 2 aromatic rings. The van der Waals surface area contributed by atoms with Gasteiger partial charge in [-0.25, -0.2) is 4.68 Å². The van der Waals surface area contributed by atoms with Crippen molar-refractivity contribution in [1.82, 2.24) is 20.2 Å². The van der Waals surface area contributed by atoms with Gasteiger partial charge in [-0.05, 0) is 22.9 Å². The number of tetrazole rings is 1. The molecule has 0 aliphatic heterocycles. The van der Waals surface area contributed by atoms with Crippen molar-refractivity contribution >= 4 is 5.95 Å². The SMILES string of the molecule is CC(COCc1ccccc1)n1nnnc1N. The first kappa shape index (κ1) is 11.5. The van der Waals surface area contributed by atoms with Crippen molar-refractivity contribution in [3.63, 3.8) is 0 Å². The minimum absolute atomic E-state index is 0.0220. The van der Waals surface area contributed by atoms with Gasteiger partial charge in [0.15, 0.2) is 0 Å². The molecule has 0 bridgehead atoms. The van der Waals surface area contributed by atoms with E-state index in [1.165, 1.54) is 0 Å². The van der Waals surface area contributed by atoms with Crippen LogP contribution in [0.4, 0.5) is 5.95 Å². The zero-order valence-electron chi connectivity index (χ0n) is 9.65. The zero-order chi connectivity index (χ0) is 12.1. The van der Waals surface area contributed by atoms with Crippen molar-refractivity contribution in [3.8, 4) is 0 Å². The molecule has 0 fully saturated rings. The highest BCUT2D eigenvalue weighted by molar-refractivity contribution is 5.13. The lowest BCUT2D eigenvalue weighted by Gasteiger charge is -2.12. The maximum atomic E-state index is 5.60. The minimum Gasteiger partial charge on any atom is -0.375 e. The summed E-state index contributed by atoms with van der Waals surface area (Å²) < 4.78 is 7.13. The first-order valence-corrected chi connectivity index (χ1v) is 5.42. The summed E-state index contributed by atoms with van der Waals surface area (Å²) in [5, 5.41) is 10.9. The van der Waals surface area contributed by atoms with Gasteiger partial charge in [-0.1, -0.05) is 35.4 Å². The van der Waals surface area contributed by atoms with Gasteiger partial charge >= 0.3 is 0 Å². The Hall–Kier alpha value is -1.95. The Bertz CT molecular complexity index is 456. The molecule has 0 aliphatic carbocycles. The van der Waals surface area contributed by atoms with Gasteiger partial charge in [0, 0.05) is 0 Å². The van der Waals surface area contributed by atoms with Crippen molar-refractivity contribution in [2.75, 3.05) is 12.3 Å². The Morgan fingerprint density at radius 2 is 2.12 bits per heavy atom. The monoisotopic (exact) mass is 233 g/mol. The Balaban J connectivity index is 1.81. The summed E-state index contributed by atoms with van der Waals surface area (Å²) in [4.78, 5) is 0. The molecule has 1 heterocycles. The summed E-state index contributed by atoms with van der Waals surface area (Å²) in [5.74, 6) is 0.306. The van der Waals surface area contributed by atoms with Crippen LogP contribution in [-0.2, 0) is 11.3 Å². The molecule has 90 valence electrons.